The number of ether oxygens (including phenoxy) is 1. The standard InChI is InChI=1S/C25H22ClN3O4/c26-18-10-8-16(9-11-18)24(31)29-22(25(32)33-15-19-5-3-4-12-27-19)13-17-14-23(30)28-21-7-2-1-6-20(17)21/h1-12,14,19,22,27H,13,15H2,(H,28,30)(H,29,31). The van der Waals surface area contributed by atoms with Gasteiger partial charge in [0.15, 0.2) is 0 Å². The Hall–Kier alpha value is -3.84. The van der Waals surface area contributed by atoms with Gasteiger partial charge in [-0.3, -0.25) is 9.59 Å². The minimum Gasteiger partial charge on any atom is -0.462 e. The van der Waals surface area contributed by atoms with E-state index in [9.17, 15) is 14.4 Å². The van der Waals surface area contributed by atoms with E-state index in [1.165, 1.54) is 6.07 Å². The zero-order valence-electron chi connectivity index (χ0n) is 17.6. The molecule has 0 saturated carbocycles. The summed E-state index contributed by atoms with van der Waals surface area (Å²) in [7, 11) is 0. The Labute approximate surface area is 195 Å². The van der Waals surface area contributed by atoms with Crippen LogP contribution in [0.1, 0.15) is 15.9 Å². The number of H-pyrrole nitrogens is 1. The number of benzene rings is 2. The minimum atomic E-state index is -0.999. The van der Waals surface area contributed by atoms with Crippen LogP contribution in [0.25, 0.3) is 10.9 Å². The molecule has 3 aromatic rings. The van der Waals surface area contributed by atoms with Gasteiger partial charge in [-0.25, -0.2) is 4.79 Å². The predicted octanol–water partition coefficient (Wildman–Crippen LogP) is 3.11. The van der Waals surface area contributed by atoms with E-state index in [0.29, 0.717) is 21.7 Å². The van der Waals surface area contributed by atoms with Crippen molar-refractivity contribution in [3.8, 4) is 0 Å². The number of fused-ring (bicyclic) bond motifs is 1. The number of carbonyl (C=O) groups is 2. The van der Waals surface area contributed by atoms with Crippen molar-refractivity contribution >= 4 is 34.4 Å². The summed E-state index contributed by atoms with van der Waals surface area (Å²) in [4.78, 5) is 40.8. The summed E-state index contributed by atoms with van der Waals surface area (Å²) in [5.74, 6) is -1.03. The number of aromatic nitrogens is 1. The van der Waals surface area contributed by atoms with E-state index >= 15 is 0 Å². The highest BCUT2D eigenvalue weighted by Gasteiger charge is 2.25. The topological polar surface area (TPSA) is 100 Å². The molecule has 168 valence electrons. The largest absolute Gasteiger partial charge is 0.462 e. The third kappa shape index (κ3) is 5.70. The Bertz CT molecular complexity index is 1280. The number of rotatable bonds is 7. The van der Waals surface area contributed by atoms with Crippen molar-refractivity contribution in [1.29, 1.82) is 0 Å². The zero-order chi connectivity index (χ0) is 23.2. The average Bonchev–Trinajstić information content (AvgIpc) is 2.83. The van der Waals surface area contributed by atoms with Crippen LogP contribution in [0.2, 0.25) is 5.02 Å². The molecule has 2 unspecified atom stereocenters. The Balaban J connectivity index is 1.58. The van der Waals surface area contributed by atoms with E-state index in [0.717, 1.165) is 5.39 Å². The quantitative estimate of drug-likeness (QED) is 0.467. The number of hydrogen-bond donors (Lipinski definition) is 3. The van der Waals surface area contributed by atoms with E-state index in [1.807, 2.05) is 36.4 Å². The van der Waals surface area contributed by atoms with E-state index in [2.05, 4.69) is 15.6 Å². The number of para-hydroxylation sites is 1. The molecule has 0 bridgehead atoms. The summed E-state index contributed by atoms with van der Waals surface area (Å²) < 4.78 is 5.51. The summed E-state index contributed by atoms with van der Waals surface area (Å²) in [5, 5.41) is 7.12. The van der Waals surface area contributed by atoms with Gasteiger partial charge in [0.25, 0.3) is 5.91 Å². The maximum atomic E-state index is 13.0. The van der Waals surface area contributed by atoms with Crippen molar-refractivity contribution in [3.63, 3.8) is 0 Å². The molecule has 0 aliphatic carbocycles. The Morgan fingerprint density at radius 2 is 1.88 bits per heavy atom. The lowest BCUT2D eigenvalue weighted by molar-refractivity contribution is -0.146. The molecule has 1 amide bonds. The fraction of sp³-hybridized carbons (Fsp3) is 0.160. The minimum absolute atomic E-state index is 0.0937. The molecule has 1 aliphatic rings. The molecule has 0 fully saturated rings. The van der Waals surface area contributed by atoms with Crippen LogP contribution < -0.4 is 16.2 Å². The Morgan fingerprint density at radius 3 is 2.64 bits per heavy atom. The second-order valence-corrected chi connectivity index (χ2v) is 8.03. The summed E-state index contributed by atoms with van der Waals surface area (Å²) in [6, 6.07) is 13.9. The van der Waals surface area contributed by atoms with Crippen molar-refractivity contribution in [2.24, 2.45) is 0 Å². The van der Waals surface area contributed by atoms with Crippen LogP contribution in [-0.2, 0) is 16.0 Å². The molecule has 2 aromatic carbocycles. The first-order valence-corrected chi connectivity index (χ1v) is 10.8. The van der Waals surface area contributed by atoms with Crippen molar-refractivity contribution in [3.05, 3.63) is 106 Å². The highest BCUT2D eigenvalue weighted by Crippen LogP contribution is 2.17. The third-order valence-corrected chi connectivity index (χ3v) is 5.47. The highest BCUT2D eigenvalue weighted by molar-refractivity contribution is 6.30. The van der Waals surface area contributed by atoms with E-state index in [4.69, 9.17) is 16.3 Å². The fourth-order valence-corrected chi connectivity index (χ4v) is 3.69. The molecule has 1 aliphatic heterocycles. The summed E-state index contributed by atoms with van der Waals surface area (Å²) in [6.07, 6.45) is 7.43. The lowest BCUT2D eigenvalue weighted by Crippen LogP contribution is -2.44. The first kappa shape index (κ1) is 22.4. The molecule has 0 radical (unpaired) electrons. The van der Waals surface area contributed by atoms with Gasteiger partial charge in [0.1, 0.15) is 12.6 Å². The van der Waals surface area contributed by atoms with Gasteiger partial charge in [-0.1, -0.05) is 42.0 Å². The van der Waals surface area contributed by atoms with Crippen LogP contribution in [-0.4, -0.2) is 35.6 Å². The van der Waals surface area contributed by atoms with Gasteiger partial charge in [-0.15, -0.1) is 0 Å². The fourth-order valence-electron chi connectivity index (χ4n) is 3.57. The van der Waals surface area contributed by atoms with Gasteiger partial charge in [0.2, 0.25) is 5.56 Å². The second-order valence-electron chi connectivity index (χ2n) is 7.59. The van der Waals surface area contributed by atoms with Crippen LogP contribution in [0, 0.1) is 0 Å². The first-order chi connectivity index (χ1) is 16.0. The SMILES string of the molecule is O=C(NC(Cc1cc(=O)[nH]c2ccccc12)C(=O)OCC1C=CC=CN1)c1ccc(Cl)cc1. The number of pyridine rings is 1. The predicted molar refractivity (Wildman–Crippen MR) is 127 cm³/mol. The molecular formula is C25H22ClN3O4. The van der Waals surface area contributed by atoms with Gasteiger partial charge in [0, 0.05) is 34.0 Å². The van der Waals surface area contributed by atoms with Gasteiger partial charge in [-0.2, -0.15) is 0 Å². The number of allylic oxidation sites excluding steroid dienone is 2. The normalized spacial score (nSPS) is 15.6. The second kappa shape index (κ2) is 10.2. The van der Waals surface area contributed by atoms with Gasteiger partial charge >= 0.3 is 5.97 Å². The van der Waals surface area contributed by atoms with E-state index < -0.39 is 17.9 Å². The molecule has 2 heterocycles. The van der Waals surface area contributed by atoms with Crippen LogP contribution in [0.15, 0.2) is 83.8 Å². The van der Waals surface area contributed by atoms with Crippen LogP contribution >= 0.6 is 11.6 Å². The van der Waals surface area contributed by atoms with Crippen LogP contribution in [0.5, 0.6) is 0 Å². The number of esters is 1. The van der Waals surface area contributed by atoms with Gasteiger partial charge in [-0.05, 0) is 48.2 Å². The number of amides is 1. The zero-order valence-corrected chi connectivity index (χ0v) is 18.3. The maximum Gasteiger partial charge on any atom is 0.329 e. The molecule has 0 spiro atoms. The molecular weight excluding hydrogens is 442 g/mol. The molecule has 2 atom stereocenters. The molecule has 8 heteroatoms. The number of aromatic amines is 1. The van der Waals surface area contributed by atoms with E-state index in [-0.39, 0.29) is 24.6 Å². The smallest absolute Gasteiger partial charge is 0.329 e. The number of nitrogens with one attached hydrogen (secondary N) is 3. The molecule has 7 nitrogen and oxygen atoms in total. The third-order valence-electron chi connectivity index (χ3n) is 5.22. The Kier molecular flexibility index (Phi) is 6.90. The lowest BCUT2D eigenvalue weighted by atomic mass is 10.0. The maximum absolute atomic E-state index is 13.0. The number of hydrogen-bond acceptors (Lipinski definition) is 5. The van der Waals surface area contributed by atoms with Crippen molar-refractivity contribution in [1.82, 2.24) is 15.6 Å². The van der Waals surface area contributed by atoms with Crippen molar-refractivity contribution < 1.29 is 14.3 Å². The highest BCUT2D eigenvalue weighted by atomic mass is 35.5. The molecule has 0 saturated heterocycles. The number of dihydropyridines is 1. The van der Waals surface area contributed by atoms with Gasteiger partial charge < -0.3 is 20.4 Å². The molecule has 4 rings (SSSR count). The van der Waals surface area contributed by atoms with Crippen molar-refractivity contribution in [2.45, 2.75) is 18.5 Å². The van der Waals surface area contributed by atoms with E-state index in [1.54, 1.807) is 36.5 Å². The summed E-state index contributed by atoms with van der Waals surface area (Å²) in [5.41, 5.74) is 1.35. The Morgan fingerprint density at radius 1 is 1.09 bits per heavy atom. The number of carbonyl (C=O) groups excluding carboxylic acids is 2. The first-order valence-electron chi connectivity index (χ1n) is 10.4. The number of halogens is 1. The molecule has 3 N–H and O–H groups in total. The monoisotopic (exact) mass is 463 g/mol. The summed E-state index contributed by atoms with van der Waals surface area (Å²) >= 11 is 5.91. The molecule has 33 heavy (non-hydrogen) atoms. The lowest BCUT2D eigenvalue weighted by Gasteiger charge is -2.21. The molecule has 1 aromatic heterocycles. The van der Waals surface area contributed by atoms with Crippen LogP contribution in [0.3, 0.4) is 0 Å². The van der Waals surface area contributed by atoms with Crippen LogP contribution in [0.4, 0.5) is 0 Å². The summed E-state index contributed by atoms with van der Waals surface area (Å²) in [6.45, 7) is 0.100. The average molecular weight is 464 g/mol. The van der Waals surface area contributed by atoms with Gasteiger partial charge in [0.05, 0.1) is 6.04 Å². The van der Waals surface area contributed by atoms with Crippen molar-refractivity contribution in [2.75, 3.05) is 6.61 Å².